The Morgan fingerprint density at radius 2 is 1.57 bits per heavy atom. The van der Waals surface area contributed by atoms with Crippen LogP contribution in [0, 0.1) is 23.7 Å². The molecule has 1 rings (SSSR count). The van der Waals surface area contributed by atoms with Gasteiger partial charge in [0.25, 0.3) is 0 Å². The zero-order valence-electron chi connectivity index (χ0n) is 27.3. The molecule has 0 heterocycles. The van der Waals surface area contributed by atoms with Crippen molar-refractivity contribution in [3.63, 3.8) is 0 Å². The molecule has 0 aromatic carbocycles. The molecule has 0 bridgehead atoms. The lowest BCUT2D eigenvalue weighted by atomic mass is 9.84. The Kier molecular flexibility index (Phi) is 19.3. The molecular weight excluding hydrogens is 496 g/mol. The molecule has 1 aliphatic rings. The molecule has 0 aromatic heterocycles. The van der Waals surface area contributed by atoms with Crippen molar-refractivity contribution in [2.24, 2.45) is 23.7 Å². The molecular formula is C36H64O4. The van der Waals surface area contributed by atoms with Gasteiger partial charge in [0.05, 0.1) is 18.6 Å². The summed E-state index contributed by atoms with van der Waals surface area (Å²) < 4.78 is 6.35. The smallest absolute Gasteiger partial charge is 0.306 e. The van der Waals surface area contributed by atoms with E-state index in [9.17, 15) is 9.90 Å². The summed E-state index contributed by atoms with van der Waals surface area (Å²) in [6.45, 7) is 16.0. The summed E-state index contributed by atoms with van der Waals surface area (Å²) in [4.78, 5) is 10.9. The number of rotatable bonds is 23. The van der Waals surface area contributed by atoms with Gasteiger partial charge >= 0.3 is 5.97 Å². The lowest BCUT2D eigenvalue weighted by Gasteiger charge is -2.29. The number of carboxylic acid groups (broad SMARTS) is 1. The summed E-state index contributed by atoms with van der Waals surface area (Å²) in [7, 11) is 0. The Hall–Kier alpha value is -1.55. The lowest BCUT2D eigenvalue weighted by molar-refractivity contribution is -0.141. The van der Waals surface area contributed by atoms with Crippen LogP contribution >= 0.6 is 0 Å². The number of hydrogen-bond donors (Lipinski definition) is 2. The quantitative estimate of drug-likeness (QED) is 0.0963. The molecule has 40 heavy (non-hydrogen) atoms. The third-order valence-corrected chi connectivity index (χ3v) is 9.04. The fourth-order valence-electron chi connectivity index (χ4n) is 5.64. The van der Waals surface area contributed by atoms with Gasteiger partial charge in [-0.15, -0.1) is 0 Å². The maximum atomic E-state index is 10.9. The van der Waals surface area contributed by atoms with Gasteiger partial charge in [0.2, 0.25) is 0 Å². The Morgan fingerprint density at radius 3 is 2.25 bits per heavy atom. The molecule has 5 unspecified atom stereocenters. The maximum absolute atomic E-state index is 10.9. The number of carbonyl (C=O) groups is 1. The molecule has 4 nitrogen and oxygen atoms in total. The van der Waals surface area contributed by atoms with Crippen LogP contribution in [0.3, 0.4) is 0 Å². The monoisotopic (exact) mass is 560 g/mol. The van der Waals surface area contributed by atoms with Gasteiger partial charge in [0.15, 0.2) is 0 Å². The number of aliphatic hydroxyl groups excluding tert-OH is 1. The average molecular weight is 561 g/mol. The van der Waals surface area contributed by atoms with Crippen molar-refractivity contribution in [2.45, 2.75) is 157 Å². The van der Waals surface area contributed by atoms with Gasteiger partial charge in [-0.25, -0.2) is 0 Å². The van der Waals surface area contributed by atoms with E-state index in [2.05, 4.69) is 53.7 Å². The number of carboxylic acids is 1. The van der Waals surface area contributed by atoms with E-state index < -0.39 is 12.1 Å². The highest BCUT2D eigenvalue weighted by atomic mass is 16.5. The van der Waals surface area contributed by atoms with E-state index in [1.807, 2.05) is 0 Å². The molecule has 232 valence electrons. The number of aliphatic carboxylic acids is 1. The molecule has 0 spiro atoms. The number of unbranched alkanes of at least 4 members (excludes halogenated alkanes) is 5. The third kappa shape index (κ3) is 15.5. The summed E-state index contributed by atoms with van der Waals surface area (Å²) in [5.41, 5.74) is 3.82. The zero-order chi connectivity index (χ0) is 29.9. The molecule has 5 atom stereocenters. The van der Waals surface area contributed by atoms with E-state index in [0.29, 0.717) is 5.92 Å². The highest BCUT2D eigenvalue weighted by Gasteiger charge is 2.26. The van der Waals surface area contributed by atoms with Crippen molar-refractivity contribution in [3.05, 3.63) is 34.6 Å². The van der Waals surface area contributed by atoms with Gasteiger partial charge in [0, 0.05) is 5.92 Å². The number of ether oxygens (including phenoxy) is 1. The molecule has 1 aliphatic carbocycles. The number of hydrogen-bond acceptors (Lipinski definition) is 3. The van der Waals surface area contributed by atoms with Crippen LogP contribution in [0.4, 0.5) is 0 Å². The maximum Gasteiger partial charge on any atom is 0.306 e. The minimum absolute atomic E-state index is 0.127. The van der Waals surface area contributed by atoms with Crippen molar-refractivity contribution in [1.82, 2.24) is 0 Å². The average Bonchev–Trinajstić information content (AvgIpc) is 2.91. The summed E-state index contributed by atoms with van der Waals surface area (Å²) >= 11 is 0. The van der Waals surface area contributed by atoms with Crippen LogP contribution < -0.4 is 0 Å². The van der Waals surface area contributed by atoms with Crippen molar-refractivity contribution < 1.29 is 19.7 Å². The Morgan fingerprint density at radius 1 is 0.950 bits per heavy atom. The molecule has 2 N–H and O–H groups in total. The fourth-order valence-corrected chi connectivity index (χ4v) is 5.64. The molecule has 0 aromatic rings. The lowest BCUT2D eigenvalue weighted by Crippen LogP contribution is -2.23. The predicted octanol–water partition coefficient (Wildman–Crippen LogP) is 10.4. The van der Waals surface area contributed by atoms with Crippen LogP contribution in [-0.2, 0) is 9.53 Å². The Bertz CT molecular complexity index is 793. The van der Waals surface area contributed by atoms with Gasteiger partial charge < -0.3 is 14.9 Å². The second-order valence-electron chi connectivity index (χ2n) is 13.0. The largest absolute Gasteiger partial charge is 0.493 e. The first-order valence-corrected chi connectivity index (χ1v) is 16.7. The van der Waals surface area contributed by atoms with Crippen LogP contribution in [0.15, 0.2) is 34.6 Å². The predicted molar refractivity (Wildman–Crippen MR) is 170 cm³/mol. The van der Waals surface area contributed by atoms with E-state index in [-0.39, 0.29) is 11.8 Å². The molecule has 0 fully saturated rings. The second kappa shape index (κ2) is 21.2. The summed E-state index contributed by atoms with van der Waals surface area (Å²) in [6, 6.07) is 0. The highest BCUT2D eigenvalue weighted by molar-refractivity contribution is 5.69. The molecule has 0 amide bonds. The SMILES string of the molecule is CCCCCCCCOC1=C(C)C(C)C(O)C=C1CCC(C)CCCC(C)CCC/C(C)=C/CCC(C)C(=O)O. The van der Waals surface area contributed by atoms with Gasteiger partial charge in [-0.05, 0) is 87.9 Å². The number of aliphatic hydroxyl groups is 1. The Labute approximate surface area is 247 Å². The summed E-state index contributed by atoms with van der Waals surface area (Å²) in [6.07, 6.45) is 22.6. The number of allylic oxidation sites excluding steroid dienone is 3. The first-order chi connectivity index (χ1) is 19.1. The second-order valence-corrected chi connectivity index (χ2v) is 13.0. The van der Waals surface area contributed by atoms with E-state index in [1.54, 1.807) is 6.92 Å². The van der Waals surface area contributed by atoms with Crippen LogP contribution in [0.2, 0.25) is 0 Å². The molecule has 4 heteroatoms. The first kappa shape index (κ1) is 36.5. The summed E-state index contributed by atoms with van der Waals surface area (Å²) in [5, 5.41) is 19.6. The van der Waals surface area contributed by atoms with Crippen molar-refractivity contribution >= 4 is 5.97 Å². The highest BCUT2D eigenvalue weighted by Crippen LogP contribution is 2.34. The van der Waals surface area contributed by atoms with E-state index >= 15 is 0 Å². The standard InChI is InChI=1S/C36H64O4/c1-8-9-10-11-12-13-25-40-35-32(7)31(6)34(37)26-33(35)24-23-29(4)20-15-19-27(2)17-14-18-28(3)21-16-22-30(5)36(38)39/h21,26-27,29-31,34,37H,8-20,22-25H2,1-7H3,(H,38,39)/b28-21+. The van der Waals surface area contributed by atoms with Crippen LogP contribution in [-0.4, -0.2) is 28.9 Å². The fraction of sp³-hybridized carbons (Fsp3) is 0.806. The molecule has 0 saturated heterocycles. The molecule has 0 aliphatic heterocycles. The first-order valence-electron chi connectivity index (χ1n) is 16.7. The van der Waals surface area contributed by atoms with Crippen molar-refractivity contribution in [3.8, 4) is 0 Å². The van der Waals surface area contributed by atoms with E-state index in [1.165, 1.54) is 80.9 Å². The summed E-state index contributed by atoms with van der Waals surface area (Å²) in [5.74, 6) is 1.65. The third-order valence-electron chi connectivity index (χ3n) is 9.04. The van der Waals surface area contributed by atoms with Crippen LogP contribution in [0.25, 0.3) is 0 Å². The van der Waals surface area contributed by atoms with Crippen molar-refractivity contribution in [2.75, 3.05) is 6.61 Å². The minimum atomic E-state index is -0.696. The minimum Gasteiger partial charge on any atom is -0.493 e. The molecule has 0 saturated carbocycles. The normalized spacial score (nSPS) is 20.3. The van der Waals surface area contributed by atoms with Gasteiger partial charge in [-0.2, -0.15) is 0 Å². The van der Waals surface area contributed by atoms with Crippen molar-refractivity contribution in [1.29, 1.82) is 0 Å². The Balaban J connectivity index is 2.33. The topological polar surface area (TPSA) is 66.8 Å². The molecule has 0 radical (unpaired) electrons. The van der Waals surface area contributed by atoms with E-state index in [0.717, 1.165) is 56.8 Å². The van der Waals surface area contributed by atoms with Gasteiger partial charge in [-0.1, -0.05) is 104 Å². The van der Waals surface area contributed by atoms with Crippen LogP contribution in [0.5, 0.6) is 0 Å². The van der Waals surface area contributed by atoms with E-state index in [4.69, 9.17) is 9.84 Å². The zero-order valence-corrected chi connectivity index (χ0v) is 27.3. The van der Waals surface area contributed by atoms with Gasteiger partial charge in [-0.3, -0.25) is 4.79 Å². The van der Waals surface area contributed by atoms with Gasteiger partial charge in [0.1, 0.15) is 5.76 Å². The van der Waals surface area contributed by atoms with Crippen LogP contribution in [0.1, 0.15) is 151 Å².